The van der Waals surface area contributed by atoms with Crippen molar-refractivity contribution < 1.29 is 27.6 Å². The number of anilines is 1. The highest BCUT2D eigenvalue weighted by molar-refractivity contribution is 6.31. The molecule has 1 saturated heterocycles. The summed E-state index contributed by atoms with van der Waals surface area (Å²) < 4.78 is 43.6. The van der Waals surface area contributed by atoms with E-state index in [0.717, 1.165) is 6.07 Å². The van der Waals surface area contributed by atoms with Crippen LogP contribution in [0.3, 0.4) is 0 Å². The number of hydrogen-bond donors (Lipinski definition) is 1. The summed E-state index contributed by atoms with van der Waals surface area (Å²) in [6.45, 7) is 0.0770. The van der Waals surface area contributed by atoms with E-state index in [1.165, 1.54) is 4.90 Å². The van der Waals surface area contributed by atoms with Crippen LogP contribution in [0, 0.1) is 10.1 Å². The van der Waals surface area contributed by atoms with E-state index in [0.29, 0.717) is 6.07 Å². The Bertz CT molecular complexity index is 653. The Labute approximate surface area is 132 Å². The van der Waals surface area contributed by atoms with Gasteiger partial charge in [0.1, 0.15) is 5.69 Å². The lowest BCUT2D eigenvalue weighted by atomic mass is 10.1. The number of primary amides is 1. The second kappa shape index (κ2) is 6.20. The molecular formula is C12H11ClF3N3O4. The number of nitrogens with zero attached hydrogens (tertiary/aromatic N) is 2. The van der Waals surface area contributed by atoms with E-state index in [4.69, 9.17) is 22.1 Å². The molecule has 0 saturated carbocycles. The second-order valence-electron chi connectivity index (χ2n) is 4.78. The molecule has 7 nitrogen and oxygen atoms in total. The molecule has 1 heterocycles. The quantitative estimate of drug-likeness (QED) is 0.661. The first kappa shape index (κ1) is 17.3. The van der Waals surface area contributed by atoms with Crippen molar-refractivity contribution in [2.75, 3.05) is 24.6 Å². The molecule has 1 atom stereocenters. The third kappa shape index (κ3) is 3.64. The van der Waals surface area contributed by atoms with Gasteiger partial charge in [-0.15, -0.1) is 0 Å². The number of hydrogen-bond acceptors (Lipinski definition) is 5. The molecule has 0 aromatic heterocycles. The van der Waals surface area contributed by atoms with Crippen LogP contribution >= 0.6 is 11.6 Å². The van der Waals surface area contributed by atoms with Crippen LogP contribution in [-0.4, -0.2) is 36.6 Å². The van der Waals surface area contributed by atoms with Gasteiger partial charge in [0.2, 0.25) is 5.91 Å². The number of benzene rings is 1. The van der Waals surface area contributed by atoms with Gasteiger partial charge in [-0.25, -0.2) is 0 Å². The number of ether oxygens (including phenoxy) is 1. The zero-order chi connectivity index (χ0) is 17.4. The minimum Gasteiger partial charge on any atom is -0.367 e. The van der Waals surface area contributed by atoms with Gasteiger partial charge in [-0.2, -0.15) is 13.2 Å². The summed E-state index contributed by atoms with van der Waals surface area (Å²) >= 11 is 5.62. The Kier molecular flexibility index (Phi) is 4.66. The average Bonchev–Trinajstić information content (AvgIpc) is 2.45. The summed E-state index contributed by atoms with van der Waals surface area (Å²) in [5.41, 5.74) is 2.94. The standard InChI is InChI=1S/C12H11ClF3N3O4/c13-7-4-8(18-1-2-23-10(5-18)11(17)20)9(19(21)22)3-6(7)12(14,15)16/h3-4,10H,1-2,5H2,(H2,17,20)/t10-/m0/s1. The van der Waals surface area contributed by atoms with Crippen LogP contribution in [0.15, 0.2) is 12.1 Å². The highest BCUT2D eigenvalue weighted by Gasteiger charge is 2.37. The highest BCUT2D eigenvalue weighted by atomic mass is 35.5. The van der Waals surface area contributed by atoms with Gasteiger partial charge in [-0.05, 0) is 6.07 Å². The van der Waals surface area contributed by atoms with Crippen LogP contribution in [0.2, 0.25) is 5.02 Å². The Balaban J connectivity index is 2.47. The Morgan fingerprint density at radius 2 is 2.13 bits per heavy atom. The van der Waals surface area contributed by atoms with Gasteiger partial charge in [0, 0.05) is 12.6 Å². The molecule has 23 heavy (non-hydrogen) atoms. The minimum absolute atomic E-state index is 0.0450. The van der Waals surface area contributed by atoms with E-state index in [1.54, 1.807) is 0 Å². The van der Waals surface area contributed by atoms with Crippen molar-refractivity contribution in [1.29, 1.82) is 0 Å². The molecule has 0 aliphatic carbocycles. The summed E-state index contributed by atoms with van der Waals surface area (Å²) in [6.07, 6.45) is -5.83. The number of nitro benzene ring substituents is 1. The lowest BCUT2D eigenvalue weighted by Gasteiger charge is -2.33. The van der Waals surface area contributed by atoms with Crippen molar-refractivity contribution in [3.05, 3.63) is 32.8 Å². The number of nitro groups is 1. The van der Waals surface area contributed by atoms with E-state index >= 15 is 0 Å². The summed E-state index contributed by atoms with van der Waals surface area (Å²) in [6, 6.07) is 1.25. The first-order chi connectivity index (χ1) is 10.6. The monoisotopic (exact) mass is 353 g/mol. The SMILES string of the molecule is NC(=O)[C@@H]1CN(c2cc(Cl)c(C(F)(F)F)cc2[N+](=O)[O-])CCO1. The predicted molar refractivity (Wildman–Crippen MR) is 74.3 cm³/mol. The van der Waals surface area contributed by atoms with Crippen molar-refractivity contribution in [3.63, 3.8) is 0 Å². The molecule has 1 aromatic rings. The number of halogens is 4. The van der Waals surface area contributed by atoms with E-state index in [2.05, 4.69) is 0 Å². The van der Waals surface area contributed by atoms with Crippen molar-refractivity contribution in [1.82, 2.24) is 0 Å². The smallest absolute Gasteiger partial charge is 0.367 e. The third-order valence-corrected chi connectivity index (χ3v) is 3.60. The van der Waals surface area contributed by atoms with Crippen molar-refractivity contribution >= 4 is 28.9 Å². The Morgan fingerprint density at radius 1 is 1.48 bits per heavy atom. The van der Waals surface area contributed by atoms with Crippen molar-refractivity contribution in [2.45, 2.75) is 12.3 Å². The first-order valence-electron chi connectivity index (χ1n) is 6.32. The molecular weight excluding hydrogens is 343 g/mol. The van der Waals surface area contributed by atoms with E-state index in [9.17, 15) is 28.1 Å². The van der Waals surface area contributed by atoms with Crippen LogP contribution in [0.25, 0.3) is 0 Å². The molecule has 1 aliphatic rings. The molecule has 11 heteroatoms. The number of rotatable bonds is 3. The predicted octanol–water partition coefficient (Wildman–Crippen LogP) is 1.96. The molecule has 0 radical (unpaired) electrons. The van der Waals surface area contributed by atoms with Crippen molar-refractivity contribution in [2.24, 2.45) is 5.73 Å². The maximum absolute atomic E-state index is 12.8. The van der Waals surface area contributed by atoms with Crippen LogP contribution in [0.4, 0.5) is 24.5 Å². The van der Waals surface area contributed by atoms with Gasteiger partial charge in [0.25, 0.3) is 5.69 Å². The molecule has 1 amide bonds. The fourth-order valence-electron chi connectivity index (χ4n) is 2.21. The molecule has 126 valence electrons. The molecule has 0 unspecified atom stereocenters. The van der Waals surface area contributed by atoms with Gasteiger partial charge < -0.3 is 15.4 Å². The highest BCUT2D eigenvalue weighted by Crippen LogP contribution is 2.41. The summed E-state index contributed by atoms with van der Waals surface area (Å²) in [4.78, 5) is 22.7. The van der Waals surface area contributed by atoms with Crippen LogP contribution in [0.5, 0.6) is 0 Å². The average molecular weight is 354 g/mol. The third-order valence-electron chi connectivity index (χ3n) is 3.29. The maximum atomic E-state index is 12.8. The van der Waals surface area contributed by atoms with Crippen molar-refractivity contribution in [3.8, 4) is 0 Å². The zero-order valence-corrected chi connectivity index (χ0v) is 12.2. The summed E-state index contributed by atoms with van der Waals surface area (Å²) in [5.74, 6) is -0.768. The van der Waals surface area contributed by atoms with Gasteiger partial charge in [-0.3, -0.25) is 14.9 Å². The zero-order valence-electron chi connectivity index (χ0n) is 11.5. The van der Waals surface area contributed by atoms with E-state index in [1.807, 2.05) is 0 Å². The molecule has 0 bridgehead atoms. The fourth-order valence-corrected chi connectivity index (χ4v) is 2.47. The normalized spacial score (nSPS) is 18.8. The lowest BCUT2D eigenvalue weighted by Crippen LogP contribution is -2.48. The first-order valence-corrected chi connectivity index (χ1v) is 6.70. The topological polar surface area (TPSA) is 98.7 Å². The largest absolute Gasteiger partial charge is 0.418 e. The number of carbonyl (C=O) groups excluding carboxylic acids is 1. The van der Waals surface area contributed by atoms with Crippen LogP contribution in [-0.2, 0) is 15.7 Å². The van der Waals surface area contributed by atoms with Crippen LogP contribution in [0.1, 0.15) is 5.56 Å². The molecule has 2 N–H and O–H groups in total. The minimum atomic E-state index is -4.82. The number of nitrogens with two attached hydrogens (primary N) is 1. The summed E-state index contributed by atoms with van der Waals surface area (Å²) in [7, 11) is 0. The van der Waals surface area contributed by atoms with Gasteiger partial charge in [0.15, 0.2) is 6.10 Å². The fraction of sp³-hybridized carbons (Fsp3) is 0.417. The van der Waals surface area contributed by atoms with E-state index < -0.39 is 39.4 Å². The maximum Gasteiger partial charge on any atom is 0.418 e. The molecule has 2 rings (SSSR count). The number of alkyl halides is 3. The second-order valence-corrected chi connectivity index (χ2v) is 5.19. The lowest BCUT2D eigenvalue weighted by molar-refractivity contribution is -0.384. The Hall–Kier alpha value is -2.07. The van der Waals surface area contributed by atoms with Crippen LogP contribution < -0.4 is 10.6 Å². The van der Waals surface area contributed by atoms with E-state index in [-0.39, 0.29) is 25.4 Å². The molecule has 0 spiro atoms. The van der Waals surface area contributed by atoms with Gasteiger partial charge in [0.05, 0.1) is 28.7 Å². The van der Waals surface area contributed by atoms with Gasteiger partial charge >= 0.3 is 6.18 Å². The Morgan fingerprint density at radius 3 is 2.65 bits per heavy atom. The molecule has 1 fully saturated rings. The summed E-state index contributed by atoms with van der Waals surface area (Å²) in [5, 5.41) is 10.4. The molecule has 1 aromatic carbocycles. The van der Waals surface area contributed by atoms with Gasteiger partial charge in [-0.1, -0.05) is 11.6 Å². The number of morpholine rings is 1. The number of amides is 1. The molecule has 1 aliphatic heterocycles. The number of carbonyl (C=O) groups is 1.